The van der Waals surface area contributed by atoms with Crippen molar-refractivity contribution in [2.75, 3.05) is 0 Å². The second-order valence-corrected chi connectivity index (χ2v) is 4.45. The highest BCUT2D eigenvalue weighted by Crippen LogP contribution is 2.22. The molecule has 0 heterocycles. The second kappa shape index (κ2) is 4.39. The first-order valence-corrected chi connectivity index (χ1v) is 5.35. The molecule has 64 valence electrons. The van der Waals surface area contributed by atoms with E-state index < -0.39 is 0 Å². The molecule has 0 aromatic heterocycles. The van der Waals surface area contributed by atoms with Crippen LogP contribution in [0.5, 0.6) is 0 Å². The van der Waals surface area contributed by atoms with Crippen LogP contribution in [0.3, 0.4) is 0 Å². The molecule has 1 aromatic rings. The van der Waals surface area contributed by atoms with Crippen LogP contribution in [0.25, 0.3) is 0 Å². The first-order chi connectivity index (χ1) is 5.65. The van der Waals surface area contributed by atoms with Gasteiger partial charge in [-0.2, -0.15) is 0 Å². The van der Waals surface area contributed by atoms with Crippen LogP contribution in [0.15, 0.2) is 35.3 Å². The van der Waals surface area contributed by atoms with E-state index in [2.05, 4.69) is 45.1 Å². The SMILES string of the molecule is C=CC(N)c1ccc(I)c(Br)c1. The van der Waals surface area contributed by atoms with Crippen LogP contribution in [0.1, 0.15) is 11.6 Å². The molecule has 0 saturated carbocycles. The maximum atomic E-state index is 5.77. The molecule has 0 spiro atoms. The third kappa shape index (κ3) is 2.31. The van der Waals surface area contributed by atoms with Crippen LogP contribution in [-0.4, -0.2) is 0 Å². The van der Waals surface area contributed by atoms with Gasteiger partial charge in [0, 0.05) is 14.1 Å². The Morgan fingerprint density at radius 2 is 2.25 bits per heavy atom. The van der Waals surface area contributed by atoms with Crippen molar-refractivity contribution in [3.8, 4) is 0 Å². The number of halogens is 2. The predicted octanol–water partition coefficient (Wildman–Crippen LogP) is 3.24. The third-order valence-electron chi connectivity index (χ3n) is 1.58. The number of nitrogens with two attached hydrogens (primary N) is 1. The van der Waals surface area contributed by atoms with Crippen LogP contribution in [-0.2, 0) is 0 Å². The summed E-state index contributed by atoms with van der Waals surface area (Å²) in [6, 6.07) is 5.99. The van der Waals surface area contributed by atoms with Gasteiger partial charge in [-0.1, -0.05) is 12.1 Å². The van der Waals surface area contributed by atoms with E-state index in [-0.39, 0.29) is 6.04 Å². The van der Waals surface area contributed by atoms with Gasteiger partial charge in [-0.15, -0.1) is 6.58 Å². The lowest BCUT2D eigenvalue weighted by Gasteiger charge is -2.07. The molecule has 12 heavy (non-hydrogen) atoms. The monoisotopic (exact) mass is 337 g/mol. The molecule has 2 N–H and O–H groups in total. The molecule has 3 heteroatoms. The number of rotatable bonds is 2. The topological polar surface area (TPSA) is 26.0 Å². The van der Waals surface area contributed by atoms with Crippen molar-refractivity contribution >= 4 is 38.5 Å². The van der Waals surface area contributed by atoms with E-state index in [4.69, 9.17) is 5.73 Å². The maximum Gasteiger partial charge on any atom is 0.0478 e. The predicted molar refractivity (Wildman–Crippen MR) is 64.0 cm³/mol. The minimum atomic E-state index is -0.0710. The maximum absolute atomic E-state index is 5.77. The highest BCUT2D eigenvalue weighted by atomic mass is 127. The van der Waals surface area contributed by atoms with Gasteiger partial charge in [0.2, 0.25) is 0 Å². The van der Waals surface area contributed by atoms with E-state index in [1.54, 1.807) is 6.08 Å². The standard InChI is InChI=1S/C9H9BrIN/c1-2-9(12)6-3-4-8(11)7(10)5-6/h2-5,9H,1,12H2. The van der Waals surface area contributed by atoms with E-state index in [1.165, 1.54) is 3.57 Å². The number of hydrogen-bond donors (Lipinski definition) is 1. The van der Waals surface area contributed by atoms with Gasteiger partial charge in [-0.3, -0.25) is 0 Å². The molecule has 0 saturated heterocycles. The molecule has 1 aromatic carbocycles. The lowest BCUT2D eigenvalue weighted by molar-refractivity contribution is 0.912. The van der Waals surface area contributed by atoms with Gasteiger partial charge in [0.1, 0.15) is 0 Å². The molecule has 1 rings (SSSR count). The number of hydrogen-bond acceptors (Lipinski definition) is 1. The molecule has 0 amide bonds. The Hall–Kier alpha value is 0.130. The number of benzene rings is 1. The Morgan fingerprint density at radius 1 is 1.58 bits per heavy atom. The summed E-state index contributed by atoms with van der Waals surface area (Å²) in [5, 5.41) is 0. The Balaban J connectivity index is 3.04. The Morgan fingerprint density at radius 3 is 2.75 bits per heavy atom. The van der Waals surface area contributed by atoms with E-state index in [1.807, 2.05) is 18.2 Å². The lowest BCUT2D eigenvalue weighted by atomic mass is 10.1. The summed E-state index contributed by atoms with van der Waals surface area (Å²) in [6.07, 6.45) is 1.73. The summed E-state index contributed by atoms with van der Waals surface area (Å²) in [5.74, 6) is 0. The van der Waals surface area contributed by atoms with E-state index in [0.717, 1.165) is 10.0 Å². The van der Waals surface area contributed by atoms with E-state index >= 15 is 0 Å². The molecule has 0 bridgehead atoms. The van der Waals surface area contributed by atoms with E-state index in [9.17, 15) is 0 Å². The zero-order valence-electron chi connectivity index (χ0n) is 6.43. The van der Waals surface area contributed by atoms with Gasteiger partial charge in [-0.05, 0) is 56.2 Å². The summed E-state index contributed by atoms with van der Waals surface area (Å²) in [7, 11) is 0. The summed E-state index contributed by atoms with van der Waals surface area (Å²) < 4.78 is 2.27. The first kappa shape index (κ1) is 10.2. The second-order valence-electron chi connectivity index (χ2n) is 2.44. The summed E-state index contributed by atoms with van der Waals surface area (Å²) in [6.45, 7) is 3.65. The van der Waals surface area contributed by atoms with Crippen molar-refractivity contribution < 1.29 is 0 Å². The zero-order valence-corrected chi connectivity index (χ0v) is 10.2. The molecule has 1 unspecified atom stereocenters. The molecule has 0 radical (unpaired) electrons. The summed E-state index contributed by atoms with van der Waals surface area (Å²) in [4.78, 5) is 0. The molecular weight excluding hydrogens is 329 g/mol. The van der Waals surface area contributed by atoms with Gasteiger partial charge < -0.3 is 5.73 Å². The van der Waals surface area contributed by atoms with Crippen molar-refractivity contribution in [1.82, 2.24) is 0 Å². The molecule has 0 aliphatic rings. The van der Waals surface area contributed by atoms with Crippen molar-refractivity contribution in [2.24, 2.45) is 5.73 Å². The van der Waals surface area contributed by atoms with Gasteiger partial charge >= 0.3 is 0 Å². The van der Waals surface area contributed by atoms with Gasteiger partial charge in [-0.25, -0.2) is 0 Å². The molecule has 0 aliphatic carbocycles. The fourth-order valence-electron chi connectivity index (χ4n) is 0.856. The minimum absolute atomic E-state index is 0.0710. The van der Waals surface area contributed by atoms with Gasteiger partial charge in [0.15, 0.2) is 0 Å². The molecule has 0 aliphatic heterocycles. The highest BCUT2D eigenvalue weighted by molar-refractivity contribution is 14.1. The molecule has 1 atom stereocenters. The lowest BCUT2D eigenvalue weighted by Crippen LogP contribution is -2.06. The summed E-state index contributed by atoms with van der Waals surface area (Å²) >= 11 is 5.71. The fourth-order valence-corrected chi connectivity index (χ4v) is 1.59. The molecular formula is C9H9BrIN. The third-order valence-corrected chi connectivity index (χ3v) is 3.92. The van der Waals surface area contributed by atoms with Crippen LogP contribution >= 0.6 is 38.5 Å². The van der Waals surface area contributed by atoms with Crippen molar-refractivity contribution in [3.05, 3.63) is 44.5 Å². The van der Waals surface area contributed by atoms with Gasteiger partial charge in [0.25, 0.3) is 0 Å². The largest absolute Gasteiger partial charge is 0.321 e. The van der Waals surface area contributed by atoms with Crippen LogP contribution in [0.4, 0.5) is 0 Å². The van der Waals surface area contributed by atoms with E-state index in [0.29, 0.717) is 0 Å². The highest BCUT2D eigenvalue weighted by Gasteiger charge is 2.02. The Labute approximate surface area is 94.3 Å². The fraction of sp³-hybridized carbons (Fsp3) is 0.111. The molecule has 0 fully saturated rings. The quantitative estimate of drug-likeness (QED) is 0.650. The minimum Gasteiger partial charge on any atom is -0.321 e. The first-order valence-electron chi connectivity index (χ1n) is 3.48. The average Bonchev–Trinajstić information content (AvgIpc) is 2.08. The Bertz CT molecular complexity index is 299. The molecule has 1 nitrogen and oxygen atoms in total. The smallest absolute Gasteiger partial charge is 0.0478 e. The van der Waals surface area contributed by atoms with Crippen molar-refractivity contribution in [1.29, 1.82) is 0 Å². The normalized spacial score (nSPS) is 12.6. The Kier molecular flexibility index (Phi) is 3.74. The summed E-state index contributed by atoms with van der Waals surface area (Å²) in [5.41, 5.74) is 6.85. The zero-order chi connectivity index (χ0) is 9.14. The van der Waals surface area contributed by atoms with Crippen molar-refractivity contribution in [3.63, 3.8) is 0 Å². The van der Waals surface area contributed by atoms with Crippen LogP contribution in [0.2, 0.25) is 0 Å². The van der Waals surface area contributed by atoms with Crippen LogP contribution < -0.4 is 5.73 Å². The van der Waals surface area contributed by atoms with Crippen LogP contribution in [0, 0.1) is 3.57 Å². The van der Waals surface area contributed by atoms with Gasteiger partial charge in [0.05, 0.1) is 0 Å². The van der Waals surface area contributed by atoms with Crippen molar-refractivity contribution in [2.45, 2.75) is 6.04 Å². The average molecular weight is 338 g/mol.